The summed E-state index contributed by atoms with van der Waals surface area (Å²) in [6.07, 6.45) is 7.46. The molecule has 2 aliphatic rings. The third kappa shape index (κ3) is 3.92. The van der Waals surface area contributed by atoms with Gasteiger partial charge in [0.15, 0.2) is 0 Å². The summed E-state index contributed by atoms with van der Waals surface area (Å²) in [5.74, 6) is 0.808. The van der Waals surface area contributed by atoms with Crippen LogP contribution in [-0.2, 0) is 9.53 Å². The molecule has 1 saturated heterocycles. The van der Waals surface area contributed by atoms with Crippen molar-refractivity contribution in [3.63, 3.8) is 0 Å². The van der Waals surface area contributed by atoms with Gasteiger partial charge in [-0.2, -0.15) is 0 Å². The number of anilines is 1. The number of fused-ring (bicyclic) bond motifs is 1. The zero-order valence-corrected chi connectivity index (χ0v) is 16.3. The number of amides is 1. The van der Waals surface area contributed by atoms with Crippen LogP contribution >= 0.6 is 0 Å². The standard InChI is InChI=1S/C22H28N2O4/c1-2-27-22(26)19-13-15-12-16(8-9-18(15)28-19)24-21(25)20-17(10-11-23-20)14-6-4-3-5-7-14/h8-9,12-14,17,20,23H,2-7,10-11H2,1H3,(H,24,25)/t17-,20-/m0/s1. The number of benzene rings is 1. The molecule has 4 rings (SSSR count). The second-order valence-electron chi connectivity index (χ2n) is 7.86. The number of carbonyl (C=O) groups is 2. The SMILES string of the molecule is CCOC(=O)c1cc2cc(NC(=O)[C@H]3NCC[C@H]3C3CCCCC3)ccc2o1. The van der Waals surface area contributed by atoms with Crippen molar-refractivity contribution in [1.82, 2.24) is 5.32 Å². The number of hydrogen-bond donors (Lipinski definition) is 2. The van der Waals surface area contributed by atoms with Crippen molar-refractivity contribution in [2.24, 2.45) is 11.8 Å². The van der Waals surface area contributed by atoms with E-state index < -0.39 is 5.97 Å². The second kappa shape index (κ2) is 8.35. The van der Waals surface area contributed by atoms with Crippen LogP contribution in [0.5, 0.6) is 0 Å². The molecule has 2 N–H and O–H groups in total. The van der Waals surface area contributed by atoms with E-state index in [4.69, 9.17) is 9.15 Å². The molecule has 0 unspecified atom stereocenters. The first kappa shape index (κ1) is 19.0. The van der Waals surface area contributed by atoms with E-state index in [0.29, 0.717) is 29.7 Å². The second-order valence-corrected chi connectivity index (χ2v) is 7.86. The molecule has 6 nitrogen and oxygen atoms in total. The number of hydrogen-bond acceptors (Lipinski definition) is 5. The average Bonchev–Trinajstić information content (AvgIpc) is 3.36. The molecule has 1 saturated carbocycles. The van der Waals surface area contributed by atoms with Crippen LogP contribution in [0.15, 0.2) is 28.7 Å². The Bertz CT molecular complexity index is 853. The Morgan fingerprint density at radius 2 is 2.00 bits per heavy atom. The topological polar surface area (TPSA) is 80.6 Å². The zero-order chi connectivity index (χ0) is 19.5. The summed E-state index contributed by atoms with van der Waals surface area (Å²) in [7, 11) is 0. The lowest BCUT2D eigenvalue weighted by Gasteiger charge is -2.30. The number of carbonyl (C=O) groups excluding carboxylic acids is 2. The van der Waals surface area contributed by atoms with Crippen molar-refractivity contribution in [1.29, 1.82) is 0 Å². The molecular formula is C22H28N2O4. The first-order chi connectivity index (χ1) is 13.7. The van der Waals surface area contributed by atoms with Crippen LogP contribution in [0, 0.1) is 11.8 Å². The van der Waals surface area contributed by atoms with Gasteiger partial charge in [-0.15, -0.1) is 0 Å². The van der Waals surface area contributed by atoms with Crippen LogP contribution in [0.25, 0.3) is 11.0 Å². The normalized spacial score (nSPS) is 23.0. The molecule has 1 aromatic heterocycles. The van der Waals surface area contributed by atoms with Crippen LogP contribution in [0.4, 0.5) is 5.69 Å². The molecule has 0 radical (unpaired) electrons. The summed E-state index contributed by atoms with van der Waals surface area (Å²) in [5, 5.41) is 7.22. The van der Waals surface area contributed by atoms with Gasteiger partial charge in [0.25, 0.3) is 0 Å². The summed E-state index contributed by atoms with van der Waals surface area (Å²) in [6.45, 7) is 2.96. The molecule has 2 atom stereocenters. The van der Waals surface area contributed by atoms with Gasteiger partial charge in [0.05, 0.1) is 12.6 Å². The maximum Gasteiger partial charge on any atom is 0.374 e. The quantitative estimate of drug-likeness (QED) is 0.759. The molecular weight excluding hydrogens is 356 g/mol. The fourth-order valence-corrected chi connectivity index (χ4v) is 4.72. The van der Waals surface area contributed by atoms with E-state index in [9.17, 15) is 9.59 Å². The smallest absolute Gasteiger partial charge is 0.374 e. The molecule has 0 spiro atoms. The third-order valence-electron chi connectivity index (χ3n) is 6.07. The minimum absolute atomic E-state index is 0.0292. The molecule has 1 amide bonds. The maximum atomic E-state index is 12.9. The molecule has 2 fully saturated rings. The van der Waals surface area contributed by atoms with Crippen molar-refractivity contribution < 1.29 is 18.7 Å². The largest absolute Gasteiger partial charge is 0.460 e. The fourth-order valence-electron chi connectivity index (χ4n) is 4.72. The minimum Gasteiger partial charge on any atom is -0.460 e. The van der Waals surface area contributed by atoms with E-state index >= 15 is 0 Å². The summed E-state index contributed by atoms with van der Waals surface area (Å²) in [6, 6.07) is 6.95. The van der Waals surface area contributed by atoms with Gasteiger partial charge < -0.3 is 19.8 Å². The number of esters is 1. The van der Waals surface area contributed by atoms with Gasteiger partial charge in [0.2, 0.25) is 11.7 Å². The monoisotopic (exact) mass is 384 g/mol. The Balaban J connectivity index is 1.46. The van der Waals surface area contributed by atoms with Crippen LogP contribution in [0.2, 0.25) is 0 Å². The molecule has 0 bridgehead atoms. The Kier molecular flexibility index (Phi) is 5.67. The number of ether oxygens (including phenoxy) is 1. The van der Waals surface area contributed by atoms with Gasteiger partial charge in [-0.3, -0.25) is 4.79 Å². The number of rotatable bonds is 5. The number of nitrogens with one attached hydrogen (secondary N) is 2. The van der Waals surface area contributed by atoms with Gasteiger partial charge in [-0.1, -0.05) is 32.1 Å². The lowest BCUT2D eigenvalue weighted by molar-refractivity contribution is -0.119. The Hall–Kier alpha value is -2.34. The van der Waals surface area contributed by atoms with Crippen LogP contribution in [0.1, 0.15) is 56.0 Å². The highest BCUT2D eigenvalue weighted by Gasteiger charge is 2.38. The highest BCUT2D eigenvalue weighted by atomic mass is 16.5. The summed E-state index contributed by atoms with van der Waals surface area (Å²) >= 11 is 0. The Labute approximate surface area is 165 Å². The highest BCUT2D eigenvalue weighted by molar-refractivity contribution is 5.98. The van der Waals surface area contributed by atoms with Crippen molar-refractivity contribution in [3.05, 3.63) is 30.0 Å². The van der Waals surface area contributed by atoms with Gasteiger partial charge in [-0.25, -0.2) is 4.79 Å². The first-order valence-corrected chi connectivity index (χ1v) is 10.4. The first-order valence-electron chi connectivity index (χ1n) is 10.4. The molecule has 2 aromatic rings. The summed E-state index contributed by atoms with van der Waals surface area (Å²) in [4.78, 5) is 24.8. The number of furan rings is 1. The Morgan fingerprint density at radius 1 is 1.18 bits per heavy atom. The molecule has 1 aliphatic heterocycles. The molecule has 2 heterocycles. The van der Waals surface area contributed by atoms with E-state index in [1.165, 1.54) is 32.1 Å². The van der Waals surface area contributed by atoms with Gasteiger partial charge in [0.1, 0.15) is 5.58 Å². The molecule has 1 aliphatic carbocycles. The van der Waals surface area contributed by atoms with Gasteiger partial charge in [-0.05, 0) is 56.0 Å². The molecule has 28 heavy (non-hydrogen) atoms. The van der Waals surface area contributed by atoms with Crippen molar-refractivity contribution in [2.75, 3.05) is 18.5 Å². The average molecular weight is 384 g/mol. The predicted molar refractivity (Wildman–Crippen MR) is 107 cm³/mol. The summed E-state index contributed by atoms with van der Waals surface area (Å²) < 4.78 is 10.5. The van der Waals surface area contributed by atoms with Crippen molar-refractivity contribution in [2.45, 2.75) is 51.5 Å². The zero-order valence-electron chi connectivity index (χ0n) is 16.3. The lowest BCUT2D eigenvalue weighted by Crippen LogP contribution is -2.42. The minimum atomic E-state index is -0.477. The van der Waals surface area contributed by atoms with Crippen LogP contribution in [-0.4, -0.2) is 31.1 Å². The maximum absolute atomic E-state index is 12.9. The summed E-state index contributed by atoms with van der Waals surface area (Å²) in [5.41, 5.74) is 1.31. The van der Waals surface area contributed by atoms with E-state index in [2.05, 4.69) is 10.6 Å². The molecule has 6 heteroatoms. The van der Waals surface area contributed by atoms with Gasteiger partial charge >= 0.3 is 5.97 Å². The Morgan fingerprint density at radius 3 is 2.79 bits per heavy atom. The van der Waals surface area contributed by atoms with Crippen LogP contribution in [0.3, 0.4) is 0 Å². The third-order valence-corrected chi connectivity index (χ3v) is 6.07. The van der Waals surface area contributed by atoms with Crippen LogP contribution < -0.4 is 10.6 Å². The fraction of sp³-hybridized carbons (Fsp3) is 0.545. The van der Waals surface area contributed by atoms with Crippen molar-refractivity contribution >= 4 is 28.5 Å². The van der Waals surface area contributed by atoms with E-state index in [0.717, 1.165) is 18.4 Å². The predicted octanol–water partition coefficient (Wildman–Crippen LogP) is 4.11. The van der Waals surface area contributed by atoms with E-state index in [1.54, 1.807) is 19.1 Å². The van der Waals surface area contributed by atoms with Crippen molar-refractivity contribution in [3.8, 4) is 0 Å². The molecule has 1 aromatic carbocycles. The van der Waals surface area contributed by atoms with Gasteiger partial charge in [0, 0.05) is 11.1 Å². The lowest BCUT2D eigenvalue weighted by atomic mass is 9.76. The van der Waals surface area contributed by atoms with E-state index in [-0.39, 0.29) is 17.7 Å². The molecule has 150 valence electrons. The highest BCUT2D eigenvalue weighted by Crippen LogP contribution is 2.36. The van der Waals surface area contributed by atoms with E-state index in [1.807, 2.05) is 12.1 Å².